The van der Waals surface area contributed by atoms with Gasteiger partial charge in [0.2, 0.25) is 5.89 Å². The predicted octanol–water partition coefficient (Wildman–Crippen LogP) is 3.41. The van der Waals surface area contributed by atoms with Crippen LogP contribution < -0.4 is 5.73 Å². The van der Waals surface area contributed by atoms with Crippen LogP contribution in [0.1, 0.15) is 77.1 Å². The highest BCUT2D eigenvalue weighted by Crippen LogP contribution is 2.39. The number of hydrogen-bond acceptors (Lipinski definition) is 4. The van der Waals surface area contributed by atoms with Crippen LogP contribution in [0, 0.1) is 11.3 Å². The third-order valence-corrected chi connectivity index (χ3v) is 4.14. The van der Waals surface area contributed by atoms with Crippen LogP contribution in [-0.4, -0.2) is 10.1 Å². The van der Waals surface area contributed by atoms with Crippen molar-refractivity contribution in [3.05, 3.63) is 11.7 Å². The molecule has 0 aliphatic heterocycles. The Morgan fingerprint density at radius 3 is 2.67 bits per heavy atom. The zero-order valence-electron chi connectivity index (χ0n) is 11.9. The van der Waals surface area contributed by atoms with Crippen molar-refractivity contribution in [2.75, 3.05) is 0 Å². The molecule has 1 saturated carbocycles. The summed E-state index contributed by atoms with van der Waals surface area (Å²) in [7, 11) is 0. The molecule has 1 aromatic rings. The lowest BCUT2D eigenvalue weighted by Gasteiger charge is -2.23. The molecule has 1 aromatic heterocycles. The summed E-state index contributed by atoms with van der Waals surface area (Å²) in [5, 5.41) is 4.14. The van der Waals surface area contributed by atoms with Gasteiger partial charge in [-0.25, -0.2) is 0 Å². The standard InChI is InChI=1S/C14H25N3O/c1-5-9-6-7-10(8-9)12-16-13(18-17-12)11(15)14(2,3)4/h9-11H,5-8,15H2,1-4H3/t9?,10?,11-/m0/s1. The second kappa shape index (κ2) is 5.00. The largest absolute Gasteiger partial charge is 0.338 e. The molecule has 18 heavy (non-hydrogen) atoms. The zero-order chi connectivity index (χ0) is 13.3. The molecular weight excluding hydrogens is 226 g/mol. The van der Waals surface area contributed by atoms with Crippen LogP contribution in [0.25, 0.3) is 0 Å². The van der Waals surface area contributed by atoms with Gasteiger partial charge in [-0.3, -0.25) is 0 Å². The number of aromatic nitrogens is 2. The van der Waals surface area contributed by atoms with Gasteiger partial charge in [0.1, 0.15) is 0 Å². The highest BCUT2D eigenvalue weighted by Gasteiger charge is 2.31. The molecule has 2 N–H and O–H groups in total. The molecule has 2 unspecified atom stereocenters. The summed E-state index contributed by atoms with van der Waals surface area (Å²) in [6.45, 7) is 8.52. The van der Waals surface area contributed by atoms with Crippen LogP contribution in [0.5, 0.6) is 0 Å². The first-order valence-electron chi connectivity index (χ1n) is 7.01. The van der Waals surface area contributed by atoms with Crippen molar-refractivity contribution in [3.63, 3.8) is 0 Å². The fourth-order valence-corrected chi connectivity index (χ4v) is 2.59. The van der Waals surface area contributed by atoms with E-state index in [4.69, 9.17) is 10.3 Å². The van der Waals surface area contributed by atoms with Crippen LogP contribution in [0.3, 0.4) is 0 Å². The summed E-state index contributed by atoms with van der Waals surface area (Å²) in [5.74, 6) is 2.74. The minimum absolute atomic E-state index is 0.0502. The Labute approximate surface area is 109 Å². The molecule has 3 atom stereocenters. The van der Waals surface area contributed by atoms with Crippen molar-refractivity contribution in [1.82, 2.24) is 10.1 Å². The molecule has 1 aliphatic carbocycles. The van der Waals surface area contributed by atoms with Crippen molar-refractivity contribution in [2.24, 2.45) is 17.1 Å². The first-order valence-corrected chi connectivity index (χ1v) is 7.01. The smallest absolute Gasteiger partial charge is 0.244 e. The van der Waals surface area contributed by atoms with Crippen LogP contribution in [0.2, 0.25) is 0 Å². The molecule has 0 aromatic carbocycles. The summed E-state index contributed by atoms with van der Waals surface area (Å²) in [4.78, 5) is 4.52. The Kier molecular flexibility index (Phi) is 3.76. The maximum absolute atomic E-state index is 6.14. The van der Waals surface area contributed by atoms with E-state index in [0.717, 1.165) is 11.7 Å². The van der Waals surface area contributed by atoms with Gasteiger partial charge in [-0.05, 0) is 30.6 Å². The quantitative estimate of drug-likeness (QED) is 0.894. The van der Waals surface area contributed by atoms with Crippen molar-refractivity contribution in [1.29, 1.82) is 0 Å². The lowest BCUT2D eigenvalue weighted by atomic mass is 9.87. The van der Waals surface area contributed by atoms with E-state index in [0.29, 0.717) is 11.8 Å². The van der Waals surface area contributed by atoms with Crippen molar-refractivity contribution in [2.45, 2.75) is 65.3 Å². The molecule has 1 fully saturated rings. The van der Waals surface area contributed by atoms with E-state index in [9.17, 15) is 0 Å². The van der Waals surface area contributed by atoms with E-state index >= 15 is 0 Å². The molecule has 102 valence electrons. The number of rotatable bonds is 3. The number of hydrogen-bond donors (Lipinski definition) is 1. The molecular formula is C14H25N3O. The van der Waals surface area contributed by atoms with E-state index in [2.05, 4.69) is 37.8 Å². The average molecular weight is 251 g/mol. The predicted molar refractivity (Wildman–Crippen MR) is 71.1 cm³/mol. The topological polar surface area (TPSA) is 64.9 Å². The van der Waals surface area contributed by atoms with E-state index in [1.807, 2.05) is 0 Å². The Bertz CT molecular complexity index is 394. The van der Waals surface area contributed by atoms with Gasteiger partial charge in [0.05, 0.1) is 6.04 Å². The highest BCUT2D eigenvalue weighted by atomic mass is 16.5. The first kappa shape index (κ1) is 13.5. The monoisotopic (exact) mass is 251 g/mol. The average Bonchev–Trinajstić information content (AvgIpc) is 2.95. The second-order valence-electron chi connectivity index (χ2n) is 6.62. The van der Waals surface area contributed by atoms with Crippen LogP contribution in [0.15, 0.2) is 4.52 Å². The van der Waals surface area contributed by atoms with Gasteiger partial charge in [0, 0.05) is 5.92 Å². The summed E-state index contributed by atoms with van der Waals surface area (Å²) < 4.78 is 5.35. The van der Waals surface area contributed by atoms with Gasteiger partial charge in [0.15, 0.2) is 5.82 Å². The van der Waals surface area contributed by atoms with E-state index in [1.54, 1.807) is 0 Å². The summed E-state index contributed by atoms with van der Waals surface area (Å²) >= 11 is 0. The van der Waals surface area contributed by atoms with Gasteiger partial charge >= 0.3 is 0 Å². The Morgan fingerprint density at radius 2 is 2.11 bits per heavy atom. The summed E-state index contributed by atoms with van der Waals surface area (Å²) in [6.07, 6.45) is 4.92. The molecule has 4 heteroatoms. The van der Waals surface area contributed by atoms with Gasteiger partial charge in [-0.1, -0.05) is 39.3 Å². The van der Waals surface area contributed by atoms with Crippen LogP contribution in [-0.2, 0) is 0 Å². The lowest BCUT2D eigenvalue weighted by Crippen LogP contribution is -2.26. The lowest BCUT2D eigenvalue weighted by molar-refractivity contribution is 0.252. The number of nitrogens with two attached hydrogens (primary N) is 1. The van der Waals surface area contributed by atoms with Gasteiger partial charge in [-0.2, -0.15) is 4.98 Å². The SMILES string of the molecule is CCC1CCC(c2noc([C@H](N)C(C)(C)C)n2)C1. The maximum atomic E-state index is 6.14. The van der Waals surface area contributed by atoms with Crippen molar-refractivity contribution in [3.8, 4) is 0 Å². The van der Waals surface area contributed by atoms with Crippen LogP contribution >= 0.6 is 0 Å². The van der Waals surface area contributed by atoms with E-state index in [-0.39, 0.29) is 11.5 Å². The van der Waals surface area contributed by atoms with Crippen molar-refractivity contribution < 1.29 is 4.52 Å². The molecule has 0 saturated heterocycles. The van der Waals surface area contributed by atoms with E-state index in [1.165, 1.54) is 25.7 Å². The van der Waals surface area contributed by atoms with E-state index < -0.39 is 0 Å². The molecule has 4 nitrogen and oxygen atoms in total. The Morgan fingerprint density at radius 1 is 1.39 bits per heavy atom. The molecule has 1 heterocycles. The molecule has 0 bridgehead atoms. The zero-order valence-corrected chi connectivity index (χ0v) is 11.9. The van der Waals surface area contributed by atoms with Gasteiger partial charge in [0.25, 0.3) is 0 Å². The molecule has 2 rings (SSSR count). The fourth-order valence-electron chi connectivity index (χ4n) is 2.59. The third-order valence-electron chi connectivity index (χ3n) is 4.14. The minimum atomic E-state index is -0.192. The minimum Gasteiger partial charge on any atom is -0.338 e. The fraction of sp³-hybridized carbons (Fsp3) is 0.857. The molecule has 1 aliphatic rings. The molecule has 0 radical (unpaired) electrons. The van der Waals surface area contributed by atoms with Gasteiger partial charge < -0.3 is 10.3 Å². The first-order chi connectivity index (χ1) is 8.41. The van der Waals surface area contributed by atoms with Gasteiger partial charge in [-0.15, -0.1) is 0 Å². The highest BCUT2D eigenvalue weighted by molar-refractivity contribution is 5.03. The Balaban J connectivity index is 2.07. The third kappa shape index (κ3) is 2.74. The summed E-state index contributed by atoms with van der Waals surface area (Å²) in [6, 6.07) is -0.192. The molecule has 0 amide bonds. The normalized spacial score (nSPS) is 26.5. The van der Waals surface area contributed by atoms with Crippen LogP contribution in [0.4, 0.5) is 0 Å². The number of nitrogens with zero attached hydrogens (tertiary/aromatic N) is 2. The molecule has 0 spiro atoms. The van der Waals surface area contributed by atoms with Crippen molar-refractivity contribution >= 4 is 0 Å². The second-order valence-corrected chi connectivity index (χ2v) is 6.62. The summed E-state index contributed by atoms with van der Waals surface area (Å²) in [5.41, 5.74) is 6.09. The maximum Gasteiger partial charge on any atom is 0.244 e. The Hall–Kier alpha value is -0.900.